The number of aromatic nitrogens is 3. The van der Waals surface area contributed by atoms with Crippen LogP contribution in [0.4, 0.5) is 0 Å². The molecular weight excluding hydrogens is 220 g/mol. The van der Waals surface area contributed by atoms with Crippen molar-refractivity contribution in [2.75, 3.05) is 7.05 Å². The van der Waals surface area contributed by atoms with Gasteiger partial charge in [0.15, 0.2) is 10.8 Å². The Hall–Kier alpha value is -1.33. The minimum absolute atomic E-state index is 0.713. The van der Waals surface area contributed by atoms with Crippen LogP contribution in [0.5, 0.6) is 0 Å². The summed E-state index contributed by atoms with van der Waals surface area (Å²) >= 11 is 1.66. The molecule has 0 spiro atoms. The van der Waals surface area contributed by atoms with Crippen LogP contribution in [0, 0.1) is 0 Å². The normalized spacial score (nSPS) is 10.6. The summed E-state index contributed by atoms with van der Waals surface area (Å²) < 4.78 is 0. The molecule has 4 nitrogen and oxygen atoms in total. The van der Waals surface area contributed by atoms with Gasteiger partial charge in [-0.05, 0) is 19.5 Å². The van der Waals surface area contributed by atoms with E-state index in [1.165, 1.54) is 4.88 Å². The lowest BCUT2D eigenvalue weighted by Crippen LogP contribution is -2.05. The van der Waals surface area contributed by atoms with E-state index in [2.05, 4.69) is 27.2 Å². The van der Waals surface area contributed by atoms with Crippen LogP contribution in [0.25, 0.3) is 10.8 Å². The molecule has 0 unspecified atom stereocenters. The summed E-state index contributed by atoms with van der Waals surface area (Å²) in [5, 5.41) is 4.06. The van der Waals surface area contributed by atoms with Crippen molar-refractivity contribution in [1.82, 2.24) is 20.3 Å². The number of nitrogens with zero attached hydrogens (tertiary/aromatic N) is 3. The highest BCUT2D eigenvalue weighted by molar-refractivity contribution is 7.15. The van der Waals surface area contributed by atoms with Crippen molar-refractivity contribution in [1.29, 1.82) is 0 Å². The predicted octanol–water partition coefficient (Wildman–Crippen LogP) is 1.88. The Kier molecular flexibility index (Phi) is 3.58. The lowest BCUT2D eigenvalue weighted by molar-refractivity contribution is 0.814. The van der Waals surface area contributed by atoms with E-state index in [4.69, 9.17) is 0 Å². The molecule has 0 radical (unpaired) electrons. The van der Waals surface area contributed by atoms with Crippen molar-refractivity contribution in [3.05, 3.63) is 29.0 Å². The van der Waals surface area contributed by atoms with Gasteiger partial charge in [0.2, 0.25) is 0 Å². The van der Waals surface area contributed by atoms with E-state index in [0.29, 0.717) is 5.82 Å². The van der Waals surface area contributed by atoms with Gasteiger partial charge in [-0.2, -0.15) is 0 Å². The largest absolute Gasteiger partial charge is 0.315 e. The van der Waals surface area contributed by atoms with Crippen LogP contribution in [0.3, 0.4) is 0 Å². The molecule has 16 heavy (non-hydrogen) atoms. The highest BCUT2D eigenvalue weighted by Gasteiger charge is 2.11. The first kappa shape index (κ1) is 11.2. The summed E-state index contributed by atoms with van der Waals surface area (Å²) in [6.45, 7) is 2.97. The highest BCUT2D eigenvalue weighted by atomic mass is 32.1. The zero-order valence-electron chi connectivity index (χ0n) is 9.40. The Morgan fingerprint density at radius 2 is 2.06 bits per heavy atom. The van der Waals surface area contributed by atoms with Gasteiger partial charge in [0.1, 0.15) is 0 Å². The number of hydrogen-bond donors (Lipinski definition) is 1. The summed E-state index contributed by atoms with van der Waals surface area (Å²) in [5.74, 6) is 0.713. The SMILES string of the molecule is CCc1nc(-c2ncccn2)sc1CNC. The first-order chi connectivity index (χ1) is 7.85. The predicted molar refractivity (Wildman–Crippen MR) is 65.3 cm³/mol. The molecule has 0 aromatic carbocycles. The molecule has 5 heteroatoms. The van der Waals surface area contributed by atoms with Gasteiger partial charge < -0.3 is 5.32 Å². The summed E-state index contributed by atoms with van der Waals surface area (Å²) in [6, 6.07) is 1.81. The zero-order chi connectivity index (χ0) is 11.4. The molecule has 2 aromatic rings. The average molecular weight is 234 g/mol. The number of hydrogen-bond acceptors (Lipinski definition) is 5. The van der Waals surface area contributed by atoms with Gasteiger partial charge in [-0.3, -0.25) is 0 Å². The maximum Gasteiger partial charge on any atom is 0.188 e. The molecule has 2 aromatic heterocycles. The summed E-state index contributed by atoms with van der Waals surface area (Å²) in [5.41, 5.74) is 1.14. The Labute approximate surface area is 98.8 Å². The minimum atomic E-state index is 0.713. The third-order valence-electron chi connectivity index (χ3n) is 2.21. The van der Waals surface area contributed by atoms with E-state index in [1.54, 1.807) is 23.7 Å². The molecule has 2 rings (SSSR count). The lowest BCUT2D eigenvalue weighted by atomic mass is 10.3. The number of aryl methyl sites for hydroxylation is 1. The maximum absolute atomic E-state index is 4.57. The molecule has 2 heterocycles. The second-order valence-electron chi connectivity index (χ2n) is 3.35. The monoisotopic (exact) mass is 234 g/mol. The highest BCUT2D eigenvalue weighted by Crippen LogP contribution is 2.25. The fraction of sp³-hybridized carbons (Fsp3) is 0.364. The third-order valence-corrected chi connectivity index (χ3v) is 3.30. The molecule has 0 atom stereocenters. The molecule has 1 N–H and O–H groups in total. The minimum Gasteiger partial charge on any atom is -0.315 e. The van der Waals surface area contributed by atoms with Crippen LogP contribution >= 0.6 is 11.3 Å². The molecule has 0 bridgehead atoms. The van der Waals surface area contributed by atoms with E-state index >= 15 is 0 Å². The number of nitrogens with one attached hydrogen (secondary N) is 1. The molecule has 0 fully saturated rings. The van der Waals surface area contributed by atoms with E-state index in [0.717, 1.165) is 23.7 Å². The van der Waals surface area contributed by atoms with Gasteiger partial charge in [0.25, 0.3) is 0 Å². The average Bonchev–Trinajstić information content (AvgIpc) is 2.74. The topological polar surface area (TPSA) is 50.7 Å². The van der Waals surface area contributed by atoms with Crippen LogP contribution in [-0.2, 0) is 13.0 Å². The van der Waals surface area contributed by atoms with E-state index in [1.807, 2.05) is 13.1 Å². The Balaban J connectivity index is 2.36. The molecule has 0 amide bonds. The molecule has 0 saturated carbocycles. The van der Waals surface area contributed by atoms with Crippen molar-refractivity contribution in [2.45, 2.75) is 19.9 Å². The first-order valence-electron chi connectivity index (χ1n) is 5.25. The van der Waals surface area contributed by atoms with Crippen molar-refractivity contribution in [3.63, 3.8) is 0 Å². The Morgan fingerprint density at radius 3 is 2.69 bits per heavy atom. The van der Waals surface area contributed by atoms with Gasteiger partial charge in [-0.25, -0.2) is 15.0 Å². The fourth-order valence-corrected chi connectivity index (χ4v) is 2.57. The second kappa shape index (κ2) is 5.14. The fourth-order valence-electron chi connectivity index (χ4n) is 1.46. The number of rotatable bonds is 4. The van der Waals surface area contributed by atoms with Gasteiger partial charge in [-0.15, -0.1) is 11.3 Å². The molecule has 84 valence electrons. The van der Waals surface area contributed by atoms with Crippen molar-refractivity contribution in [2.24, 2.45) is 0 Å². The summed E-state index contributed by atoms with van der Waals surface area (Å²) in [7, 11) is 1.94. The molecule has 0 aliphatic rings. The third kappa shape index (κ3) is 2.25. The van der Waals surface area contributed by atoms with E-state index in [-0.39, 0.29) is 0 Å². The van der Waals surface area contributed by atoms with Crippen LogP contribution in [0.1, 0.15) is 17.5 Å². The van der Waals surface area contributed by atoms with Gasteiger partial charge in [0, 0.05) is 23.8 Å². The summed E-state index contributed by atoms with van der Waals surface area (Å²) in [6.07, 6.45) is 4.43. The second-order valence-corrected chi connectivity index (χ2v) is 4.43. The molecular formula is C11H14N4S. The van der Waals surface area contributed by atoms with Crippen molar-refractivity contribution >= 4 is 11.3 Å². The maximum atomic E-state index is 4.57. The van der Waals surface area contributed by atoms with Crippen LogP contribution < -0.4 is 5.32 Å². The first-order valence-corrected chi connectivity index (χ1v) is 6.07. The Bertz CT molecular complexity index is 452. The van der Waals surface area contributed by atoms with Crippen molar-refractivity contribution in [3.8, 4) is 10.8 Å². The molecule has 0 aliphatic carbocycles. The van der Waals surface area contributed by atoms with E-state index in [9.17, 15) is 0 Å². The van der Waals surface area contributed by atoms with Crippen LogP contribution in [0.2, 0.25) is 0 Å². The van der Waals surface area contributed by atoms with Crippen LogP contribution in [-0.4, -0.2) is 22.0 Å². The zero-order valence-corrected chi connectivity index (χ0v) is 10.2. The Morgan fingerprint density at radius 1 is 1.31 bits per heavy atom. The molecule has 0 aliphatic heterocycles. The lowest BCUT2D eigenvalue weighted by Gasteiger charge is -1.96. The van der Waals surface area contributed by atoms with Crippen molar-refractivity contribution < 1.29 is 0 Å². The van der Waals surface area contributed by atoms with Gasteiger partial charge >= 0.3 is 0 Å². The molecule has 0 saturated heterocycles. The number of thiazole rings is 1. The van der Waals surface area contributed by atoms with Crippen LogP contribution in [0.15, 0.2) is 18.5 Å². The summed E-state index contributed by atoms with van der Waals surface area (Å²) in [4.78, 5) is 14.3. The van der Waals surface area contributed by atoms with Gasteiger partial charge in [0.05, 0.1) is 5.69 Å². The quantitative estimate of drug-likeness (QED) is 0.877. The smallest absolute Gasteiger partial charge is 0.188 e. The van der Waals surface area contributed by atoms with Gasteiger partial charge in [-0.1, -0.05) is 6.92 Å². The van der Waals surface area contributed by atoms with E-state index < -0.39 is 0 Å². The standard InChI is InChI=1S/C11H14N4S/c1-3-8-9(7-12-2)16-11(15-8)10-13-5-4-6-14-10/h4-6,12H,3,7H2,1-2H3.